The smallest absolute Gasteiger partial charge is 0.162 e. The number of allylic oxidation sites excluding steroid dienone is 2. The van der Waals surface area contributed by atoms with Gasteiger partial charge in [-0.15, -0.1) is 0 Å². The monoisotopic (exact) mass is 283 g/mol. The van der Waals surface area contributed by atoms with Gasteiger partial charge in [0.05, 0.1) is 0 Å². The molecule has 0 amide bonds. The third-order valence-electron chi connectivity index (χ3n) is 3.81. The van der Waals surface area contributed by atoms with Gasteiger partial charge in [-0.2, -0.15) is 0 Å². The van der Waals surface area contributed by atoms with E-state index < -0.39 is 0 Å². The second-order valence-corrected chi connectivity index (χ2v) is 6.62. The predicted molar refractivity (Wildman–Crippen MR) is 88.6 cm³/mol. The van der Waals surface area contributed by atoms with Gasteiger partial charge in [-0.3, -0.25) is 4.79 Å². The van der Waals surface area contributed by atoms with E-state index in [-0.39, 0.29) is 11.2 Å². The zero-order valence-corrected chi connectivity index (χ0v) is 13.3. The molecule has 0 fully saturated rings. The van der Waals surface area contributed by atoms with Crippen LogP contribution in [0.25, 0.3) is 0 Å². The van der Waals surface area contributed by atoms with Crippen molar-refractivity contribution in [2.24, 2.45) is 0 Å². The topological polar surface area (TPSA) is 20.3 Å². The first-order chi connectivity index (χ1) is 9.97. The van der Waals surface area contributed by atoms with Crippen LogP contribution in [0.3, 0.4) is 0 Å². The molecule has 0 aliphatic carbocycles. The highest BCUT2D eigenvalue weighted by atomic mass is 16.1. The van der Waals surface area contributed by atoms with Crippen LogP contribution in [0, 0.1) is 0 Å². The Kier molecular flexibility index (Phi) is 5.00. The average Bonchev–Trinajstić information content (AvgIpc) is 2.47. The lowest BCUT2D eigenvalue weighted by atomic mass is 9.86. The summed E-state index contributed by atoms with van der Waals surface area (Å²) in [5, 5.41) is 0. The third kappa shape index (κ3) is 4.59. The van der Waals surface area contributed by atoms with E-state index in [4.69, 9.17) is 0 Å². The number of hydrogen-bond donors (Lipinski definition) is 0. The van der Waals surface area contributed by atoms with E-state index in [1.165, 1.54) is 5.56 Å². The molecule has 1 aromatic rings. The number of rotatable bonds is 5. The fraction of sp³-hybridized carbons (Fsp3) is 0.421. The van der Waals surface area contributed by atoms with Crippen LogP contribution in [0.15, 0.2) is 48.7 Å². The Bertz CT molecular complexity index is 532. The summed E-state index contributed by atoms with van der Waals surface area (Å²) in [6, 6.07) is 8.08. The van der Waals surface area contributed by atoms with E-state index in [1.54, 1.807) is 0 Å². The second kappa shape index (κ2) is 6.75. The fourth-order valence-electron chi connectivity index (χ4n) is 2.42. The Morgan fingerprint density at radius 2 is 1.86 bits per heavy atom. The molecule has 0 spiro atoms. The van der Waals surface area contributed by atoms with E-state index in [0.717, 1.165) is 25.1 Å². The summed E-state index contributed by atoms with van der Waals surface area (Å²) >= 11 is 0. The lowest BCUT2D eigenvalue weighted by molar-refractivity contribution is 0.0977. The van der Waals surface area contributed by atoms with Gasteiger partial charge in [0.1, 0.15) is 0 Å². The molecular formula is C19H25NO. The van der Waals surface area contributed by atoms with Crippen molar-refractivity contribution in [3.63, 3.8) is 0 Å². The van der Waals surface area contributed by atoms with Crippen molar-refractivity contribution in [2.45, 2.75) is 39.0 Å². The van der Waals surface area contributed by atoms with E-state index in [2.05, 4.69) is 56.2 Å². The van der Waals surface area contributed by atoms with E-state index in [0.29, 0.717) is 6.42 Å². The molecule has 0 N–H and O–H groups in total. The van der Waals surface area contributed by atoms with Crippen molar-refractivity contribution < 1.29 is 4.79 Å². The molecular weight excluding hydrogens is 258 g/mol. The average molecular weight is 283 g/mol. The Morgan fingerprint density at radius 1 is 1.14 bits per heavy atom. The number of carbonyl (C=O) groups excluding carboxylic acids is 1. The van der Waals surface area contributed by atoms with Crippen LogP contribution in [0.1, 0.15) is 49.5 Å². The van der Waals surface area contributed by atoms with Crippen LogP contribution in [0.4, 0.5) is 0 Å². The van der Waals surface area contributed by atoms with E-state index >= 15 is 0 Å². The molecule has 21 heavy (non-hydrogen) atoms. The summed E-state index contributed by atoms with van der Waals surface area (Å²) in [7, 11) is 0. The van der Waals surface area contributed by atoms with Crippen molar-refractivity contribution in [3.8, 4) is 0 Å². The minimum Gasteiger partial charge on any atom is -0.374 e. The van der Waals surface area contributed by atoms with Crippen molar-refractivity contribution in [3.05, 3.63) is 59.8 Å². The van der Waals surface area contributed by atoms with E-state index in [9.17, 15) is 4.79 Å². The fourth-order valence-corrected chi connectivity index (χ4v) is 2.42. The van der Waals surface area contributed by atoms with Gasteiger partial charge >= 0.3 is 0 Å². The number of Topliss-reactive ketones (excluding diaryl/α,β-unsaturated/α-hetero) is 1. The molecule has 2 nitrogen and oxygen atoms in total. The normalized spacial score (nSPS) is 14.5. The number of carbonyl (C=O) groups is 1. The molecule has 1 aliphatic heterocycles. The zero-order valence-electron chi connectivity index (χ0n) is 13.3. The highest BCUT2D eigenvalue weighted by Gasteiger charge is 2.14. The van der Waals surface area contributed by atoms with Crippen molar-refractivity contribution >= 4 is 5.78 Å². The summed E-state index contributed by atoms with van der Waals surface area (Å²) in [6.07, 6.45) is 9.82. The van der Waals surface area contributed by atoms with E-state index in [1.807, 2.05) is 18.2 Å². The van der Waals surface area contributed by atoms with Gasteiger partial charge in [0.2, 0.25) is 0 Å². The van der Waals surface area contributed by atoms with Gasteiger partial charge in [0, 0.05) is 25.1 Å². The molecule has 0 atom stereocenters. The first-order valence-electron chi connectivity index (χ1n) is 7.68. The summed E-state index contributed by atoms with van der Waals surface area (Å²) in [6.45, 7) is 8.44. The van der Waals surface area contributed by atoms with Gasteiger partial charge in [0.25, 0.3) is 0 Å². The molecule has 0 unspecified atom stereocenters. The quantitative estimate of drug-likeness (QED) is 0.750. The second-order valence-electron chi connectivity index (χ2n) is 6.62. The summed E-state index contributed by atoms with van der Waals surface area (Å²) in [4.78, 5) is 14.4. The maximum Gasteiger partial charge on any atom is 0.162 e. The van der Waals surface area contributed by atoms with Crippen LogP contribution >= 0.6 is 0 Å². The molecule has 112 valence electrons. The number of hydrogen-bond acceptors (Lipinski definition) is 2. The largest absolute Gasteiger partial charge is 0.374 e. The maximum atomic E-state index is 12.2. The van der Waals surface area contributed by atoms with Gasteiger partial charge in [0.15, 0.2) is 5.78 Å². The lowest BCUT2D eigenvalue weighted by Gasteiger charge is -2.20. The van der Waals surface area contributed by atoms with Crippen LogP contribution in [-0.2, 0) is 5.41 Å². The Balaban J connectivity index is 1.83. The van der Waals surface area contributed by atoms with Crippen molar-refractivity contribution in [2.75, 3.05) is 13.1 Å². The zero-order chi connectivity index (χ0) is 15.3. The molecule has 0 bridgehead atoms. The van der Waals surface area contributed by atoms with Crippen LogP contribution < -0.4 is 0 Å². The third-order valence-corrected chi connectivity index (χ3v) is 3.81. The molecule has 1 aliphatic rings. The molecule has 0 saturated heterocycles. The van der Waals surface area contributed by atoms with Crippen LogP contribution in [0.2, 0.25) is 0 Å². The molecule has 1 heterocycles. The minimum atomic E-state index is 0.135. The van der Waals surface area contributed by atoms with Gasteiger partial charge in [-0.25, -0.2) is 0 Å². The number of nitrogens with zero attached hydrogens (tertiary/aromatic N) is 1. The van der Waals surface area contributed by atoms with Crippen molar-refractivity contribution in [1.82, 2.24) is 4.90 Å². The van der Waals surface area contributed by atoms with Crippen LogP contribution in [0.5, 0.6) is 0 Å². The molecule has 0 radical (unpaired) electrons. The molecule has 2 heteroatoms. The van der Waals surface area contributed by atoms with Crippen molar-refractivity contribution in [1.29, 1.82) is 0 Å². The lowest BCUT2D eigenvalue weighted by Crippen LogP contribution is -2.20. The molecule has 1 aromatic carbocycles. The first-order valence-corrected chi connectivity index (χ1v) is 7.68. The van der Waals surface area contributed by atoms with Gasteiger partial charge in [-0.1, -0.05) is 57.2 Å². The maximum absolute atomic E-state index is 12.2. The molecule has 2 rings (SSSR count). The summed E-state index contributed by atoms with van der Waals surface area (Å²) in [5.41, 5.74) is 2.23. The highest BCUT2D eigenvalue weighted by molar-refractivity contribution is 5.96. The number of benzene rings is 1. The summed E-state index contributed by atoms with van der Waals surface area (Å²) < 4.78 is 0. The number of ketones is 1. The highest BCUT2D eigenvalue weighted by Crippen LogP contribution is 2.22. The Labute approximate surface area is 128 Å². The Hall–Kier alpha value is -1.83. The van der Waals surface area contributed by atoms with Gasteiger partial charge in [-0.05, 0) is 29.7 Å². The van der Waals surface area contributed by atoms with Crippen LogP contribution in [-0.4, -0.2) is 23.8 Å². The summed E-state index contributed by atoms with van der Waals surface area (Å²) in [5.74, 6) is 0.243. The standard InChI is InChI=1S/C19H25NO/c1-19(2,3)17-11-9-16(10-12-17)18(21)8-7-15-20-13-5-4-6-14-20/h4-6,9-13H,7-8,14-15H2,1-3H3. The Morgan fingerprint density at radius 3 is 2.43 bits per heavy atom. The SMILES string of the molecule is CC(C)(C)c1ccc(C(=O)CCCN2C=CC=CC2)cc1. The minimum absolute atomic E-state index is 0.135. The first kappa shape index (κ1) is 15.6. The molecule has 0 saturated carbocycles. The molecule has 0 aromatic heterocycles. The van der Waals surface area contributed by atoms with Gasteiger partial charge < -0.3 is 4.90 Å². The predicted octanol–water partition coefficient (Wildman–Crippen LogP) is 4.33.